The fraction of sp³-hybridized carbons (Fsp3) is 0.111. The quantitative estimate of drug-likeness (QED) is 0.656. The molecule has 1 heterocycles. The molecule has 0 aliphatic heterocycles. The molecule has 0 aliphatic rings. The molecule has 0 saturated heterocycles. The van der Waals surface area contributed by atoms with Gasteiger partial charge in [-0.2, -0.15) is 0 Å². The number of rotatable bonds is 4. The lowest BCUT2D eigenvalue weighted by molar-refractivity contribution is -0.122. The van der Waals surface area contributed by atoms with Crippen LogP contribution < -0.4 is 11.1 Å². The predicted molar refractivity (Wildman–Crippen MR) is 49.9 cm³/mol. The smallest absolute Gasteiger partial charge is 0.244 e. The summed E-state index contributed by atoms with van der Waals surface area (Å²) >= 11 is 0. The molecule has 3 N–H and O–H groups in total. The summed E-state index contributed by atoms with van der Waals surface area (Å²) in [4.78, 5) is 21.3. The number of nitrogens with two attached hydrogens (primary N) is 1. The SMILES string of the molecule is NC(=O)CNC(=O)/C=C\c1ccco1. The van der Waals surface area contributed by atoms with Crippen LogP contribution in [-0.4, -0.2) is 18.4 Å². The third kappa shape index (κ3) is 3.57. The highest BCUT2D eigenvalue weighted by molar-refractivity contribution is 5.93. The van der Waals surface area contributed by atoms with Crippen LogP contribution in [0.1, 0.15) is 5.76 Å². The van der Waals surface area contributed by atoms with E-state index in [1.54, 1.807) is 12.1 Å². The van der Waals surface area contributed by atoms with Gasteiger partial charge in [0.05, 0.1) is 12.8 Å². The van der Waals surface area contributed by atoms with Crippen LogP contribution in [0.2, 0.25) is 0 Å². The minimum absolute atomic E-state index is 0.165. The second kappa shape index (κ2) is 4.86. The van der Waals surface area contributed by atoms with Gasteiger partial charge < -0.3 is 15.5 Å². The van der Waals surface area contributed by atoms with E-state index in [1.807, 2.05) is 0 Å². The second-order valence-electron chi connectivity index (χ2n) is 2.53. The molecule has 14 heavy (non-hydrogen) atoms. The largest absolute Gasteiger partial charge is 0.465 e. The highest BCUT2D eigenvalue weighted by Crippen LogP contribution is 2.01. The molecule has 5 heteroatoms. The molecule has 2 amide bonds. The molecule has 1 rings (SSSR count). The Morgan fingerprint density at radius 3 is 2.93 bits per heavy atom. The van der Waals surface area contributed by atoms with E-state index >= 15 is 0 Å². The summed E-state index contributed by atoms with van der Waals surface area (Å²) in [5.41, 5.74) is 4.84. The average Bonchev–Trinajstić information content (AvgIpc) is 2.63. The zero-order valence-electron chi connectivity index (χ0n) is 7.40. The van der Waals surface area contributed by atoms with Crippen LogP contribution in [0.15, 0.2) is 28.9 Å². The van der Waals surface area contributed by atoms with Gasteiger partial charge in [0.1, 0.15) is 5.76 Å². The average molecular weight is 194 g/mol. The number of furan rings is 1. The van der Waals surface area contributed by atoms with E-state index in [2.05, 4.69) is 5.32 Å². The van der Waals surface area contributed by atoms with Crippen molar-refractivity contribution in [3.05, 3.63) is 30.2 Å². The minimum atomic E-state index is -0.579. The number of hydrogen-bond acceptors (Lipinski definition) is 3. The van der Waals surface area contributed by atoms with Gasteiger partial charge in [0.25, 0.3) is 0 Å². The maximum Gasteiger partial charge on any atom is 0.244 e. The van der Waals surface area contributed by atoms with Gasteiger partial charge in [0.15, 0.2) is 0 Å². The van der Waals surface area contributed by atoms with E-state index in [9.17, 15) is 9.59 Å². The normalized spacial score (nSPS) is 10.3. The van der Waals surface area contributed by atoms with Crippen molar-refractivity contribution in [3.8, 4) is 0 Å². The van der Waals surface area contributed by atoms with Crippen LogP contribution in [0.5, 0.6) is 0 Å². The van der Waals surface area contributed by atoms with Crippen molar-refractivity contribution in [2.45, 2.75) is 0 Å². The molecule has 0 bridgehead atoms. The molecule has 1 aromatic rings. The van der Waals surface area contributed by atoms with E-state index in [0.717, 1.165) is 0 Å². The van der Waals surface area contributed by atoms with Gasteiger partial charge in [-0.05, 0) is 18.2 Å². The number of carbonyl (C=O) groups is 2. The number of hydrogen-bond donors (Lipinski definition) is 2. The molecule has 0 fully saturated rings. The minimum Gasteiger partial charge on any atom is -0.465 e. The van der Waals surface area contributed by atoms with Crippen LogP contribution in [0.25, 0.3) is 6.08 Å². The fourth-order valence-corrected chi connectivity index (χ4v) is 0.777. The Morgan fingerprint density at radius 2 is 2.36 bits per heavy atom. The van der Waals surface area contributed by atoms with Gasteiger partial charge in [-0.1, -0.05) is 0 Å². The van der Waals surface area contributed by atoms with Crippen LogP contribution >= 0.6 is 0 Å². The van der Waals surface area contributed by atoms with Gasteiger partial charge in [-0.15, -0.1) is 0 Å². The van der Waals surface area contributed by atoms with E-state index in [1.165, 1.54) is 18.4 Å². The van der Waals surface area contributed by atoms with Crippen LogP contribution in [0.4, 0.5) is 0 Å². The zero-order chi connectivity index (χ0) is 10.4. The Kier molecular flexibility index (Phi) is 3.49. The van der Waals surface area contributed by atoms with Crippen LogP contribution in [0, 0.1) is 0 Å². The van der Waals surface area contributed by atoms with Crippen molar-refractivity contribution >= 4 is 17.9 Å². The van der Waals surface area contributed by atoms with Crippen molar-refractivity contribution in [2.75, 3.05) is 6.54 Å². The summed E-state index contributed by atoms with van der Waals surface area (Å²) in [5.74, 6) is -0.399. The van der Waals surface area contributed by atoms with Crippen LogP contribution in [0.3, 0.4) is 0 Å². The van der Waals surface area contributed by atoms with Crippen molar-refractivity contribution in [3.63, 3.8) is 0 Å². The molecule has 0 aliphatic carbocycles. The summed E-state index contributed by atoms with van der Waals surface area (Å²) in [6.07, 6.45) is 4.26. The molecule has 0 radical (unpaired) electrons. The molecule has 5 nitrogen and oxygen atoms in total. The maximum atomic E-state index is 11.0. The Morgan fingerprint density at radius 1 is 1.57 bits per heavy atom. The van der Waals surface area contributed by atoms with Crippen molar-refractivity contribution in [2.24, 2.45) is 5.73 Å². The summed E-state index contributed by atoms with van der Waals surface area (Å²) in [6, 6.07) is 3.42. The summed E-state index contributed by atoms with van der Waals surface area (Å²) < 4.78 is 4.95. The lowest BCUT2D eigenvalue weighted by Crippen LogP contribution is -2.32. The summed E-state index contributed by atoms with van der Waals surface area (Å²) in [5, 5.41) is 2.30. The first-order valence-corrected chi connectivity index (χ1v) is 3.96. The van der Waals surface area contributed by atoms with Gasteiger partial charge >= 0.3 is 0 Å². The molecular formula is C9H10N2O3. The van der Waals surface area contributed by atoms with E-state index < -0.39 is 5.91 Å². The van der Waals surface area contributed by atoms with Crippen LogP contribution in [-0.2, 0) is 9.59 Å². The van der Waals surface area contributed by atoms with E-state index in [4.69, 9.17) is 10.2 Å². The van der Waals surface area contributed by atoms with Gasteiger partial charge in [0, 0.05) is 6.08 Å². The van der Waals surface area contributed by atoms with Crippen molar-refractivity contribution in [1.29, 1.82) is 0 Å². The van der Waals surface area contributed by atoms with Crippen molar-refractivity contribution < 1.29 is 14.0 Å². The molecular weight excluding hydrogens is 184 g/mol. The third-order valence-electron chi connectivity index (χ3n) is 1.38. The molecule has 0 unspecified atom stereocenters. The lowest BCUT2D eigenvalue weighted by Gasteiger charge is -1.95. The molecule has 0 aromatic carbocycles. The maximum absolute atomic E-state index is 11.0. The number of nitrogens with one attached hydrogen (secondary N) is 1. The molecule has 1 aromatic heterocycles. The predicted octanol–water partition coefficient (Wildman–Crippen LogP) is -0.106. The van der Waals surface area contributed by atoms with Gasteiger partial charge in [0.2, 0.25) is 11.8 Å². The first kappa shape index (κ1) is 10.0. The first-order chi connectivity index (χ1) is 6.68. The molecule has 0 saturated carbocycles. The number of amides is 2. The monoisotopic (exact) mass is 194 g/mol. The van der Waals surface area contributed by atoms with Gasteiger partial charge in [-0.3, -0.25) is 9.59 Å². The molecule has 0 spiro atoms. The molecule has 0 atom stereocenters. The Labute approximate surface area is 80.6 Å². The Bertz CT molecular complexity index is 341. The first-order valence-electron chi connectivity index (χ1n) is 3.96. The second-order valence-corrected chi connectivity index (χ2v) is 2.53. The highest BCUT2D eigenvalue weighted by Gasteiger charge is 1.97. The Balaban J connectivity index is 2.37. The molecule has 74 valence electrons. The standard InChI is InChI=1S/C9H10N2O3/c10-8(12)6-11-9(13)4-3-7-2-1-5-14-7/h1-5H,6H2,(H2,10,12)(H,11,13)/b4-3-. The van der Waals surface area contributed by atoms with Crippen molar-refractivity contribution in [1.82, 2.24) is 5.32 Å². The number of carbonyl (C=O) groups excluding carboxylic acids is 2. The third-order valence-corrected chi connectivity index (χ3v) is 1.38. The Hall–Kier alpha value is -2.04. The highest BCUT2D eigenvalue weighted by atomic mass is 16.3. The number of primary amides is 1. The van der Waals surface area contributed by atoms with Gasteiger partial charge in [-0.25, -0.2) is 0 Å². The fourth-order valence-electron chi connectivity index (χ4n) is 0.777. The topological polar surface area (TPSA) is 85.3 Å². The summed E-state index contributed by atoms with van der Waals surface area (Å²) in [6.45, 7) is -0.165. The summed E-state index contributed by atoms with van der Waals surface area (Å²) in [7, 11) is 0. The van der Waals surface area contributed by atoms with E-state index in [-0.39, 0.29) is 12.5 Å². The van der Waals surface area contributed by atoms with E-state index in [0.29, 0.717) is 5.76 Å². The zero-order valence-corrected chi connectivity index (χ0v) is 7.40. The lowest BCUT2D eigenvalue weighted by atomic mass is 10.4.